The van der Waals surface area contributed by atoms with E-state index in [4.69, 9.17) is 28.2 Å². The summed E-state index contributed by atoms with van der Waals surface area (Å²) in [6.07, 6.45) is 1.81. The molecule has 0 amide bonds. The Labute approximate surface area is 204 Å². The summed E-state index contributed by atoms with van der Waals surface area (Å²) in [5.74, 6) is 1.59. The molecule has 1 aliphatic heterocycles. The Bertz CT molecular complexity index is 1310. The Morgan fingerprint density at radius 2 is 1.76 bits per heavy atom. The van der Waals surface area contributed by atoms with Gasteiger partial charge in [-0.05, 0) is 98.2 Å². The molecule has 1 fully saturated rings. The van der Waals surface area contributed by atoms with E-state index in [0.29, 0.717) is 10.1 Å². The van der Waals surface area contributed by atoms with E-state index in [1.807, 2.05) is 48.5 Å². The number of furan rings is 1. The third-order valence-electron chi connectivity index (χ3n) is 5.97. The average molecular weight is 474 g/mol. The Hall–Kier alpha value is -3.15. The lowest BCUT2D eigenvalue weighted by Crippen LogP contribution is -2.29. The molecule has 0 unspecified atom stereocenters. The van der Waals surface area contributed by atoms with Crippen molar-refractivity contribution in [2.45, 2.75) is 32.9 Å². The number of rotatable bonds is 4. The summed E-state index contributed by atoms with van der Waals surface area (Å²) in [4.78, 5) is 6.76. The van der Waals surface area contributed by atoms with Gasteiger partial charge in [-0.2, -0.15) is 0 Å². The van der Waals surface area contributed by atoms with Gasteiger partial charge < -0.3 is 14.6 Å². The summed E-state index contributed by atoms with van der Waals surface area (Å²) in [6, 6.07) is 21.9. The van der Waals surface area contributed by atoms with Gasteiger partial charge in [0.05, 0.1) is 11.7 Å². The molecule has 0 saturated carbocycles. The Morgan fingerprint density at radius 1 is 0.970 bits per heavy atom. The third kappa shape index (κ3) is 4.14. The number of anilines is 1. The predicted octanol–water partition coefficient (Wildman–Crippen LogP) is 7.10. The predicted molar refractivity (Wildman–Crippen MR) is 138 cm³/mol. The highest BCUT2D eigenvalue weighted by Crippen LogP contribution is 2.43. The standard InChI is InChI=1S/C27H24ClN3OS/c1-16-12-17(2)14-20(13-16)31-26(25(30-27(31)33)22-6-4-5-11-29-22)24-10-9-23(32-24)21-15-19(28)8-7-18(21)3/h4-15,25-26H,1-3H3,(H,30,33)/t25-,26+/m1/s1. The Morgan fingerprint density at radius 3 is 2.48 bits per heavy atom. The molecule has 6 heteroatoms. The number of benzene rings is 2. The van der Waals surface area contributed by atoms with Crippen molar-refractivity contribution < 1.29 is 4.42 Å². The molecule has 1 aliphatic rings. The highest BCUT2D eigenvalue weighted by Gasteiger charge is 2.42. The van der Waals surface area contributed by atoms with Crippen molar-refractivity contribution >= 4 is 34.6 Å². The van der Waals surface area contributed by atoms with E-state index in [1.165, 1.54) is 11.1 Å². The zero-order chi connectivity index (χ0) is 23.1. The minimum absolute atomic E-state index is 0.154. The molecule has 5 rings (SSSR count). The molecule has 3 heterocycles. The molecule has 1 saturated heterocycles. The maximum absolute atomic E-state index is 6.47. The van der Waals surface area contributed by atoms with Gasteiger partial charge in [0.15, 0.2) is 5.11 Å². The number of aromatic nitrogens is 1. The van der Waals surface area contributed by atoms with Crippen LogP contribution in [0.25, 0.3) is 11.3 Å². The Balaban J connectivity index is 1.63. The minimum atomic E-state index is -0.193. The highest BCUT2D eigenvalue weighted by molar-refractivity contribution is 7.80. The number of nitrogens with one attached hydrogen (secondary N) is 1. The molecular formula is C27H24ClN3OS. The van der Waals surface area contributed by atoms with Crippen LogP contribution in [0.2, 0.25) is 5.02 Å². The van der Waals surface area contributed by atoms with E-state index in [1.54, 1.807) is 6.20 Å². The first-order valence-corrected chi connectivity index (χ1v) is 11.6. The van der Waals surface area contributed by atoms with Crippen molar-refractivity contribution in [1.82, 2.24) is 10.3 Å². The normalized spacial score (nSPS) is 17.9. The van der Waals surface area contributed by atoms with Crippen molar-refractivity contribution in [3.63, 3.8) is 0 Å². The summed E-state index contributed by atoms with van der Waals surface area (Å²) in [6.45, 7) is 6.25. The van der Waals surface area contributed by atoms with Crippen molar-refractivity contribution in [1.29, 1.82) is 0 Å². The van der Waals surface area contributed by atoms with Gasteiger partial charge in [-0.1, -0.05) is 29.8 Å². The SMILES string of the molecule is Cc1cc(C)cc(N2C(=S)N[C@H](c3ccccn3)[C@@H]2c2ccc(-c3cc(Cl)ccc3C)o2)c1. The van der Waals surface area contributed by atoms with E-state index >= 15 is 0 Å². The largest absolute Gasteiger partial charge is 0.459 e. The van der Waals surface area contributed by atoms with Crippen molar-refractivity contribution in [2.75, 3.05) is 4.90 Å². The number of halogens is 1. The van der Waals surface area contributed by atoms with Gasteiger partial charge in [0, 0.05) is 22.5 Å². The van der Waals surface area contributed by atoms with Crippen LogP contribution in [0.5, 0.6) is 0 Å². The van der Waals surface area contributed by atoms with E-state index in [-0.39, 0.29) is 12.1 Å². The summed E-state index contributed by atoms with van der Waals surface area (Å²) in [7, 11) is 0. The van der Waals surface area contributed by atoms with Gasteiger partial charge >= 0.3 is 0 Å². The number of hydrogen-bond acceptors (Lipinski definition) is 3. The van der Waals surface area contributed by atoms with Gasteiger partial charge in [-0.3, -0.25) is 4.98 Å². The topological polar surface area (TPSA) is 41.3 Å². The summed E-state index contributed by atoms with van der Waals surface area (Å²) < 4.78 is 6.47. The maximum atomic E-state index is 6.47. The van der Waals surface area contributed by atoms with E-state index in [9.17, 15) is 0 Å². The van der Waals surface area contributed by atoms with E-state index in [0.717, 1.165) is 34.0 Å². The molecule has 2 atom stereocenters. The fraction of sp³-hybridized carbons (Fsp3) is 0.185. The maximum Gasteiger partial charge on any atom is 0.174 e. The number of pyridine rings is 1. The molecule has 4 nitrogen and oxygen atoms in total. The molecule has 2 aromatic heterocycles. The van der Waals surface area contributed by atoms with Crippen LogP contribution < -0.4 is 10.2 Å². The fourth-order valence-electron chi connectivity index (χ4n) is 4.53. The zero-order valence-corrected chi connectivity index (χ0v) is 20.2. The molecule has 0 bridgehead atoms. The molecule has 166 valence electrons. The van der Waals surface area contributed by atoms with E-state index in [2.05, 4.69) is 54.2 Å². The second-order valence-electron chi connectivity index (χ2n) is 8.50. The van der Waals surface area contributed by atoms with Crippen LogP contribution in [0, 0.1) is 20.8 Å². The monoisotopic (exact) mass is 473 g/mol. The van der Waals surface area contributed by atoms with Crippen LogP contribution >= 0.6 is 23.8 Å². The number of thiocarbonyl (C=S) groups is 1. The quantitative estimate of drug-likeness (QED) is 0.320. The van der Waals surface area contributed by atoms with Crippen LogP contribution in [0.1, 0.15) is 40.2 Å². The Kier molecular flexibility index (Phi) is 5.69. The second kappa shape index (κ2) is 8.65. The van der Waals surface area contributed by atoms with Crippen LogP contribution in [-0.2, 0) is 0 Å². The first-order chi connectivity index (χ1) is 15.9. The lowest BCUT2D eigenvalue weighted by atomic mass is 10.0. The smallest absolute Gasteiger partial charge is 0.174 e. The minimum Gasteiger partial charge on any atom is -0.459 e. The van der Waals surface area contributed by atoms with Crippen LogP contribution in [0.15, 0.2) is 77.3 Å². The molecule has 0 spiro atoms. The van der Waals surface area contributed by atoms with Crippen molar-refractivity contribution in [2.24, 2.45) is 0 Å². The van der Waals surface area contributed by atoms with E-state index < -0.39 is 0 Å². The third-order valence-corrected chi connectivity index (χ3v) is 6.52. The van der Waals surface area contributed by atoms with Crippen LogP contribution in [-0.4, -0.2) is 10.1 Å². The van der Waals surface area contributed by atoms with Crippen molar-refractivity contribution in [3.05, 3.63) is 106 Å². The number of aryl methyl sites for hydroxylation is 3. The molecular weight excluding hydrogens is 450 g/mol. The van der Waals surface area contributed by atoms with Crippen molar-refractivity contribution in [3.8, 4) is 11.3 Å². The summed E-state index contributed by atoms with van der Waals surface area (Å²) in [5.41, 5.74) is 6.39. The molecule has 0 radical (unpaired) electrons. The number of hydrogen-bond donors (Lipinski definition) is 1. The summed E-state index contributed by atoms with van der Waals surface area (Å²) >= 11 is 12.1. The average Bonchev–Trinajstić information content (AvgIpc) is 3.40. The summed E-state index contributed by atoms with van der Waals surface area (Å²) in [5, 5.41) is 4.82. The first-order valence-electron chi connectivity index (χ1n) is 10.9. The molecule has 1 N–H and O–H groups in total. The van der Waals surface area contributed by atoms with Crippen LogP contribution in [0.3, 0.4) is 0 Å². The van der Waals surface area contributed by atoms with Gasteiger partial charge in [0.25, 0.3) is 0 Å². The fourth-order valence-corrected chi connectivity index (χ4v) is 5.05. The number of nitrogens with zero attached hydrogens (tertiary/aromatic N) is 2. The lowest BCUT2D eigenvalue weighted by molar-refractivity contribution is 0.439. The second-order valence-corrected chi connectivity index (χ2v) is 9.33. The molecule has 4 aromatic rings. The van der Waals surface area contributed by atoms with Gasteiger partial charge in [-0.15, -0.1) is 0 Å². The van der Waals surface area contributed by atoms with Gasteiger partial charge in [0.2, 0.25) is 0 Å². The molecule has 33 heavy (non-hydrogen) atoms. The first kappa shape index (κ1) is 21.7. The highest BCUT2D eigenvalue weighted by atomic mass is 35.5. The molecule has 0 aliphatic carbocycles. The van der Waals surface area contributed by atoms with Gasteiger partial charge in [0.1, 0.15) is 17.6 Å². The van der Waals surface area contributed by atoms with Gasteiger partial charge in [-0.25, -0.2) is 0 Å². The van der Waals surface area contributed by atoms with Crippen LogP contribution in [0.4, 0.5) is 5.69 Å². The molecule has 2 aromatic carbocycles. The lowest BCUT2D eigenvalue weighted by Gasteiger charge is -2.26. The zero-order valence-electron chi connectivity index (χ0n) is 18.7.